The summed E-state index contributed by atoms with van der Waals surface area (Å²) in [5.74, 6) is 1.56. The number of hydrogen-bond acceptors (Lipinski definition) is 6. The lowest BCUT2D eigenvalue weighted by Crippen LogP contribution is -2.13. The maximum atomic E-state index is 12.5. The maximum Gasteiger partial charge on any atom is 0.265 e. The summed E-state index contributed by atoms with van der Waals surface area (Å²) >= 11 is 0. The molecule has 0 aliphatic heterocycles. The number of benzene rings is 2. The van der Waals surface area contributed by atoms with E-state index in [1.165, 1.54) is 0 Å². The van der Waals surface area contributed by atoms with E-state index in [-0.39, 0.29) is 5.57 Å². The highest BCUT2D eigenvalue weighted by Crippen LogP contribution is 2.32. The van der Waals surface area contributed by atoms with Gasteiger partial charge in [-0.25, -0.2) is 9.97 Å². The van der Waals surface area contributed by atoms with Gasteiger partial charge in [-0.15, -0.1) is 0 Å². The van der Waals surface area contributed by atoms with Crippen molar-refractivity contribution in [3.63, 3.8) is 0 Å². The van der Waals surface area contributed by atoms with Gasteiger partial charge in [-0.1, -0.05) is 30.3 Å². The molecule has 2 aromatic heterocycles. The van der Waals surface area contributed by atoms with E-state index in [2.05, 4.69) is 20.6 Å². The molecular weight excluding hydrogens is 428 g/mol. The number of carbonyl (C=O) groups is 1. The second kappa shape index (κ2) is 9.08. The zero-order chi connectivity index (χ0) is 23.5. The largest absolute Gasteiger partial charge is 0.439 e. The number of nitriles is 1. The quantitative estimate of drug-likeness (QED) is 0.290. The number of hydrogen-bond donors (Lipinski definition) is 2. The van der Waals surface area contributed by atoms with Gasteiger partial charge in [-0.3, -0.25) is 9.20 Å². The standard InChI is InChI=1S/C26H22N6O2/c1-17-5-2-3-8-22(17)31-25-23-14-28-16-32(23)24(15-29-25)34-21-7-4-6-20(12-21)30-26(33)19(13-27)11-18-9-10-18/h2-8,11-12,14-16,18H,9-10H2,1H3,(H,29,31)(H,30,33)/b19-11+. The summed E-state index contributed by atoms with van der Waals surface area (Å²) in [5, 5.41) is 15.4. The number of fused-ring (bicyclic) bond motifs is 1. The van der Waals surface area contributed by atoms with Crippen LogP contribution in [0, 0.1) is 24.2 Å². The van der Waals surface area contributed by atoms with Crippen LogP contribution in [0.5, 0.6) is 11.6 Å². The Labute approximate surface area is 196 Å². The first kappa shape index (κ1) is 21.2. The Bertz CT molecular complexity index is 1450. The fraction of sp³-hybridized carbons (Fsp3) is 0.154. The minimum Gasteiger partial charge on any atom is -0.439 e. The predicted octanol–water partition coefficient (Wildman–Crippen LogP) is 5.37. The molecular formula is C26H22N6O2. The lowest BCUT2D eigenvalue weighted by molar-refractivity contribution is -0.112. The van der Waals surface area contributed by atoms with E-state index in [4.69, 9.17) is 4.74 Å². The summed E-state index contributed by atoms with van der Waals surface area (Å²) in [6.07, 6.45) is 8.78. The number of carbonyl (C=O) groups excluding carboxylic acids is 1. The van der Waals surface area contributed by atoms with Crippen molar-refractivity contribution in [3.05, 3.63) is 84.5 Å². The van der Waals surface area contributed by atoms with Crippen molar-refractivity contribution in [1.82, 2.24) is 14.4 Å². The monoisotopic (exact) mass is 450 g/mol. The van der Waals surface area contributed by atoms with Crippen LogP contribution >= 0.6 is 0 Å². The van der Waals surface area contributed by atoms with Gasteiger partial charge in [-0.05, 0) is 49.4 Å². The van der Waals surface area contributed by atoms with Gasteiger partial charge < -0.3 is 15.4 Å². The highest BCUT2D eigenvalue weighted by molar-refractivity contribution is 6.06. The lowest BCUT2D eigenvalue weighted by Gasteiger charge is -2.13. The Balaban J connectivity index is 1.36. The molecule has 2 N–H and O–H groups in total. The molecule has 0 spiro atoms. The molecule has 1 saturated carbocycles. The number of ether oxygens (including phenoxy) is 1. The molecule has 1 aliphatic carbocycles. The molecule has 168 valence electrons. The fourth-order valence-electron chi connectivity index (χ4n) is 3.53. The van der Waals surface area contributed by atoms with Gasteiger partial charge in [0, 0.05) is 17.4 Å². The Morgan fingerprint density at radius 2 is 2.06 bits per heavy atom. The Hall–Kier alpha value is -4.64. The van der Waals surface area contributed by atoms with Crippen LogP contribution in [0.3, 0.4) is 0 Å². The number of nitrogens with one attached hydrogen (secondary N) is 2. The van der Waals surface area contributed by atoms with E-state index in [9.17, 15) is 10.1 Å². The van der Waals surface area contributed by atoms with E-state index in [0.29, 0.717) is 29.1 Å². The van der Waals surface area contributed by atoms with E-state index in [1.54, 1.807) is 53.5 Å². The summed E-state index contributed by atoms with van der Waals surface area (Å²) in [5.41, 5.74) is 3.49. The average molecular weight is 451 g/mol. The normalized spacial score (nSPS) is 13.4. The molecule has 2 aromatic carbocycles. The smallest absolute Gasteiger partial charge is 0.265 e. The minimum absolute atomic E-state index is 0.134. The number of para-hydroxylation sites is 1. The van der Waals surface area contributed by atoms with Gasteiger partial charge in [-0.2, -0.15) is 5.26 Å². The third-order valence-corrected chi connectivity index (χ3v) is 5.52. The van der Waals surface area contributed by atoms with Crippen LogP contribution in [0.4, 0.5) is 17.2 Å². The third-order valence-electron chi connectivity index (χ3n) is 5.52. The Kier molecular flexibility index (Phi) is 5.67. The molecule has 0 atom stereocenters. The molecule has 8 heteroatoms. The molecule has 34 heavy (non-hydrogen) atoms. The average Bonchev–Trinajstić information content (AvgIpc) is 3.52. The number of nitrogens with zero attached hydrogens (tertiary/aromatic N) is 4. The van der Waals surface area contributed by atoms with Crippen molar-refractivity contribution in [2.45, 2.75) is 19.8 Å². The van der Waals surface area contributed by atoms with Gasteiger partial charge in [0.25, 0.3) is 5.91 Å². The zero-order valence-electron chi connectivity index (χ0n) is 18.5. The molecule has 0 saturated heterocycles. The molecule has 2 heterocycles. The van der Waals surface area contributed by atoms with Crippen LogP contribution < -0.4 is 15.4 Å². The van der Waals surface area contributed by atoms with Gasteiger partial charge in [0.2, 0.25) is 5.88 Å². The second-order valence-corrected chi connectivity index (χ2v) is 8.15. The predicted molar refractivity (Wildman–Crippen MR) is 129 cm³/mol. The Morgan fingerprint density at radius 1 is 1.21 bits per heavy atom. The summed E-state index contributed by atoms with van der Waals surface area (Å²) in [6.45, 7) is 2.03. The number of rotatable bonds is 7. The Morgan fingerprint density at radius 3 is 2.85 bits per heavy atom. The second-order valence-electron chi connectivity index (χ2n) is 8.15. The number of aromatic nitrogens is 3. The van der Waals surface area contributed by atoms with Gasteiger partial charge >= 0.3 is 0 Å². The van der Waals surface area contributed by atoms with E-state index in [1.807, 2.05) is 37.3 Å². The summed E-state index contributed by atoms with van der Waals surface area (Å²) < 4.78 is 7.86. The van der Waals surface area contributed by atoms with Crippen molar-refractivity contribution in [2.24, 2.45) is 5.92 Å². The van der Waals surface area contributed by atoms with Crippen LogP contribution in [0.25, 0.3) is 5.52 Å². The number of allylic oxidation sites excluding steroid dienone is 1. The number of anilines is 3. The molecule has 1 amide bonds. The van der Waals surface area contributed by atoms with E-state index < -0.39 is 5.91 Å². The lowest BCUT2D eigenvalue weighted by atomic mass is 10.2. The molecule has 5 rings (SSSR count). The van der Waals surface area contributed by atoms with Gasteiger partial charge in [0.05, 0.1) is 12.4 Å². The number of imidazole rings is 1. The van der Waals surface area contributed by atoms with Crippen molar-refractivity contribution in [1.29, 1.82) is 5.26 Å². The van der Waals surface area contributed by atoms with Gasteiger partial charge in [0.15, 0.2) is 5.82 Å². The van der Waals surface area contributed by atoms with Crippen molar-refractivity contribution in [3.8, 4) is 17.7 Å². The molecule has 8 nitrogen and oxygen atoms in total. The van der Waals surface area contributed by atoms with Crippen LogP contribution in [0.15, 0.2) is 78.9 Å². The van der Waals surface area contributed by atoms with Crippen LogP contribution in [0.1, 0.15) is 18.4 Å². The molecule has 1 aliphatic rings. The highest BCUT2D eigenvalue weighted by Gasteiger charge is 2.21. The summed E-state index contributed by atoms with van der Waals surface area (Å²) in [4.78, 5) is 21.2. The highest BCUT2D eigenvalue weighted by atomic mass is 16.5. The van der Waals surface area contributed by atoms with Crippen LogP contribution in [0.2, 0.25) is 0 Å². The van der Waals surface area contributed by atoms with Crippen LogP contribution in [-0.4, -0.2) is 20.3 Å². The molecule has 1 fully saturated rings. The van der Waals surface area contributed by atoms with Crippen molar-refractivity contribution < 1.29 is 9.53 Å². The van der Waals surface area contributed by atoms with Crippen LogP contribution in [-0.2, 0) is 4.79 Å². The SMILES string of the molecule is Cc1ccccc1Nc1ncc(Oc2cccc(NC(=O)/C(C#N)=C/C3CC3)c2)n2cncc12. The topological polar surface area (TPSA) is 104 Å². The number of amides is 1. The molecule has 4 aromatic rings. The third kappa shape index (κ3) is 4.59. The molecule has 0 radical (unpaired) electrons. The fourth-order valence-corrected chi connectivity index (χ4v) is 3.53. The molecule has 0 bridgehead atoms. The van der Waals surface area contributed by atoms with E-state index in [0.717, 1.165) is 29.6 Å². The summed E-state index contributed by atoms with van der Waals surface area (Å²) in [6, 6.07) is 17.0. The number of aryl methyl sites for hydroxylation is 1. The van der Waals surface area contributed by atoms with E-state index >= 15 is 0 Å². The first-order valence-electron chi connectivity index (χ1n) is 11.0. The minimum atomic E-state index is -0.420. The zero-order valence-corrected chi connectivity index (χ0v) is 18.5. The van der Waals surface area contributed by atoms with Crippen molar-refractivity contribution in [2.75, 3.05) is 10.6 Å². The van der Waals surface area contributed by atoms with Gasteiger partial charge in [0.1, 0.15) is 29.2 Å². The molecule has 0 unspecified atom stereocenters. The summed E-state index contributed by atoms with van der Waals surface area (Å²) in [7, 11) is 0. The first-order chi connectivity index (χ1) is 16.6. The van der Waals surface area contributed by atoms with Crippen molar-refractivity contribution >= 4 is 28.6 Å². The first-order valence-corrected chi connectivity index (χ1v) is 11.0. The maximum absolute atomic E-state index is 12.5.